The fraction of sp³-hybridized carbons (Fsp3) is 0.182. The van der Waals surface area contributed by atoms with Gasteiger partial charge in [0.05, 0.1) is 7.11 Å². The van der Waals surface area contributed by atoms with Gasteiger partial charge in [0.25, 0.3) is 5.89 Å². The predicted octanol–water partition coefficient (Wildman–Crippen LogP) is 2.22. The number of carbonyl (C=O) groups is 1. The normalized spacial score (nSPS) is 10.0. The third-order valence-electron chi connectivity index (χ3n) is 2.09. The summed E-state index contributed by atoms with van der Waals surface area (Å²) in [6.45, 7) is 1.75. The highest BCUT2D eigenvalue weighted by Crippen LogP contribution is 2.19. The average Bonchev–Trinajstić information content (AvgIpc) is 2.77. The van der Waals surface area contributed by atoms with Crippen LogP contribution in [0.25, 0.3) is 11.5 Å². The lowest BCUT2D eigenvalue weighted by Gasteiger charge is -2.03. The van der Waals surface area contributed by atoms with E-state index in [1.807, 2.05) is 0 Å². The highest BCUT2D eigenvalue weighted by Gasteiger charge is 2.06. The Morgan fingerprint density at radius 2 is 2.06 bits per heavy atom. The quantitative estimate of drug-likeness (QED) is 0.860. The topological polar surface area (TPSA) is 77.2 Å². The number of nitrogens with one attached hydrogen (secondary N) is 1. The highest BCUT2D eigenvalue weighted by atomic mass is 16.5. The van der Waals surface area contributed by atoms with E-state index in [9.17, 15) is 4.79 Å². The van der Waals surface area contributed by atoms with Gasteiger partial charge >= 0.3 is 6.09 Å². The minimum atomic E-state index is -0.508. The van der Waals surface area contributed by atoms with Crippen molar-refractivity contribution in [1.29, 1.82) is 0 Å². The van der Waals surface area contributed by atoms with Crippen molar-refractivity contribution in [3.8, 4) is 11.5 Å². The summed E-state index contributed by atoms with van der Waals surface area (Å²) in [5.41, 5.74) is 1.43. The monoisotopic (exact) mass is 233 g/mol. The average molecular weight is 233 g/mol. The molecule has 0 unspecified atom stereocenters. The molecule has 1 heterocycles. The van der Waals surface area contributed by atoms with Gasteiger partial charge in [0.2, 0.25) is 0 Å². The van der Waals surface area contributed by atoms with Crippen molar-refractivity contribution in [3.05, 3.63) is 30.1 Å². The molecule has 1 aromatic carbocycles. The first-order chi connectivity index (χ1) is 8.19. The lowest BCUT2D eigenvalue weighted by molar-refractivity contribution is 0.187. The van der Waals surface area contributed by atoms with Crippen LogP contribution in [0.2, 0.25) is 0 Å². The number of carbonyl (C=O) groups excluding carboxylic acids is 1. The number of hydrogen-bond donors (Lipinski definition) is 1. The molecular formula is C11H11N3O3. The van der Waals surface area contributed by atoms with Crippen LogP contribution in [-0.4, -0.2) is 23.3 Å². The molecular weight excluding hydrogens is 222 g/mol. The molecule has 88 valence electrons. The van der Waals surface area contributed by atoms with Crippen molar-refractivity contribution in [2.45, 2.75) is 6.92 Å². The number of aryl methyl sites for hydroxylation is 1. The zero-order valence-corrected chi connectivity index (χ0v) is 9.43. The van der Waals surface area contributed by atoms with Gasteiger partial charge in [-0.3, -0.25) is 5.32 Å². The van der Waals surface area contributed by atoms with Crippen LogP contribution in [0.4, 0.5) is 10.5 Å². The van der Waals surface area contributed by atoms with E-state index in [-0.39, 0.29) is 0 Å². The molecule has 0 aliphatic heterocycles. The summed E-state index contributed by atoms with van der Waals surface area (Å²) in [7, 11) is 1.31. The van der Waals surface area contributed by atoms with Crippen LogP contribution >= 0.6 is 0 Å². The Morgan fingerprint density at radius 1 is 1.35 bits per heavy atom. The number of ether oxygens (including phenoxy) is 1. The lowest BCUT2D eigenvalue weighted by Crippen LogP contribution is -2.10. The number of benzene rings is 1. The molecule has 2 aromatic rings. The Kier molecular flexibility index (Phi) is 3.04. The van der Waals surface area contributed by atoms with Crippen LogP contribution in [0.1, 0.15) is 5.82 Å². The molecule has 1 N–H and O–H groups in total. The summed E-state index contributed by atoms with van der Waals surface area (Å²) in [5, 5.41) is 6.25. The summed E-state index contributed by atoms with van der Waals surface area (Å²) in [4.78, 5) is 15.1. The second kappa shape index (κ2) is 4.65. The Labute approximate surface area is 97.6 Å². The minimum Gasteiger partial charge on any atom is -0.453 e. The fourth-order valence-electron chi connectivity index (χ4n) is 1.28. The molecule has 1 amide bonds. The Hall–Kier alpha value is -2.37. The van der Waals surface area contributed by atoms with E-state index in [0.717, 1.165) is 5.56 Å². The smallest absolute Gasteiger partial charge is 0.411 e. The molecule has 6 nitrogen and oxygen atoms in total. The lowest BCUT2D eigenvalue weighted by atomic mass is 10.2. The molecule has 0 saturated heterocycles. The van der Waals surface area contributed by atoms with E-state index in [4.69, 9.17) is 4.52 Å². The molecule has 0 saturated carbocycles. The molecule has 0 bridgehead atoms. The van der Waals surface area contributed by atoms with E-state index in [1.165, 1.54) is 7.11 Å². The van der Waals surface area contributed by atoms with Gasteiger partial charge in [0.15, 0.2) is 5.82 Å². The van der Waals surface area contributed by atoms with Crippen molar-refractivity contribution < 1.29 is 14.1 Å². The third-order valence-corrected chi connectivity index (χ3v) is 2.09. The van der Waals surface area contributed by atoms with E-state index < -0.39 is 6.09 Å². The Morgan fingerprint density at radius 3 is 2.59 bits per heavy atom. The molecule has 17 heavy (non-hydrogen) atoms. The van der Waals surface area contributed by atoms with Gasteiger partial charge in [-0.15, -0.1) is 0 Å². The van der Waals surface area contributed by atoms with Gasteiger partial charge in [-0.05, 0) is 31.2 Å². The van der Waals surface area contributed by atoms with Crippen LogP contribution in [-0.2, 0) is 4.74 Å². The second-order valence-corrected chi connectivity index (χ2v) is 3.34. The van der Waals surface area contributed by atoms with Crippen molar-refractivity contribution in [2.24, 2.45) is 0 Å². The maximum atomic E-state index is 11.0. The summed E-state index contributed by atoms with van der Waals surface area (Å²) >= 11 is 0. The molecule has 0 aliphatic carbocycles. The first kappa shape index (κ1) is 11.1. The first-order valence-electron chi connectivity index (χ1n) is 4.95. The largest absolute Gasteiger partial charge is 0.453 e. The van der Waals surface area contributed by atoms with Crippen LogP contribution in [0, 0.1) is 6.92 Å². The summed E-state index contributed by atoms with van der Waals surface area (Å²) < 4.78 is 9.50. The molecule has 0 atom stereocenters. The van der Waals surface area contributed by atoms with Gasteiger partial charge in [-0.25, -0.2) is 4.79 Å². The number of hydrogen-bond acceptors (Lipinski definition) is 5. The molecule has 0 aliphatic rings. The van der Waals surface area contributed by atoms with E-state index in [2.05, 4.69) is 20.2 Å². The van der Waals surface area contributed by atoms with Crippen molar-refractivity contribution in [2.75, 3.05) is 12.4 Å². The number of anilines is 1. The van der Waals surface area contributed by atoms with E-state index in [0.29, 0.717) is 17.4 Å². The minimum absolute atomic E-state index is 0.451. The first-order valence-corrected chi connectivity index (χ1v) is 4.95. The van der Waals surface area contributed by atoms with Gasteiger partial charge in [-0.2, -0.15) is 4.98 Å². The molecule has 6 heteroatoms. The molecule has 0 fully saturated rings. The van der Waals surface area contributed by atoms with Crippen molar-refractivity contribution in [3.63, 3.8) is 0 Å². The Bertz CT molecular complexity index is 519. The Balaban J connectivity index is 2.15. The van der Waals surface area contributed by atoms with Crippen LogP contribution < -0.4 is 5.32 Å². The molecule has 0 spiro atoms. The number of nitrogens with zero attached hydrogens (tertiary/aromatic N) is 2. The van der Waals surface area contributed by atoms with Gasteiger partial charge in [0.1, 0.15) is 0 Å². The number of aromatic nitrogens is 2. The zero-order chi connectivity index (χ0) is 12.3. The van der Waals surface area contributed by atoms with E-state index >= 15 is 0 Å². The maximum absolute atomic E-state index is 11.0. The van der Waals surface area contributed by atoms with E-state index in [1.54, 1.807) is 31.2 Å². The summed E-state index contributed by atoms with van der Waals surface area (Å²) in [6, 6.07) is 7.01. The number of amides is 1. The van der Waals surface area contributed by atoms with Crippen LogP contribution in [0.15, 0.2) is 28.8 Å². The molecule has 0 radical (unpaired) electrons. The van der Waals surface area contributed by atoms with Gasteiger partial charge in [0, 0.05) is 11.3 Å². The molecule has 1 aromatic heterocycles. The van der Waals surface area contributed by atoms with Gasteiger partial charge < -0.3 is 9.26 Å². The second-order valence-electron chi connectivity index (χ2n) is 3.34. The van der Waals surface area contributed by atoms with Crippen molar-refractivity contribution >= 4 is 11.8 Å². The number of methoxy groups -OCH3 is 1. The summed E-state index contributed by atoms with van der Waals surface area (Å²) in [5.74, 6) is 1.03. The summed E-state index contributed by atoms with van der Waals surface area (Å²) in [6.07, 6.45) is -0.508. The highest BCUT2D eigenvalue weighted by molar-refractivity contribution is 5.84. The SMILES string of the molecule is COC(=O)Nc1ccc(-c2nc(C)no2)cc1. The van der Waals surface area contributed by atoms with Gasteiger partial charge in [-0.1, -0.05) is 5.16 Å². The standard InChI is InChI=1S/C11H11N3O3/c1-7-12-10(17-14-7)8-3-5-9(6-4-8)13-11(15)16-2/h3-6H,1-2H3,(H,13,15). The third kappa shape index (κ3) is 2.60. The molecule has 2 rings (SSSR count). The zero-order valence-electron chi connectivity index (χ0n) is 9.43. The fourth-order valence-corrected chi connectivity index (χ4v) is 1.28. The number of rotatable bonds is 2. The van der Waals surface area contributed by atoms with Crippen LogP contribution in [0.3, 0.4) is 0 Å². The van der Waals surface area contributed by atoms with Crippen LogP contribution in [0.5, 0.6) is 0 Å². The predicted molar refractivity (Wildman–Crippen MR) is 60.5 cm³/mol. The van der Waals surface area contributed by atoms with Crippen molar-refractivity contribution in [1.82, 2.24) is 10.1 Å². The maximum Gasteiger partial charge on any atom is 0.411 e.